The molecule has 1 N–H and O–H groups in total. The summed E-state index contributed by atoms with van der Waals surface area (Å²) in [5.41, 5.74) is 4.00. The fraction of sp³-hybridized carbons (Fsp3) is 0.263. The third-order valence-electron chi connectivity index (χ3n) is 4.50. The number of aromatic nitrogens is 2. The Morgan fingerprint density at radius 3 is 3.00 bits per heavy atom. The van der Waals surface area contributed by atoms with Crippen molar-refractivity contribution in [2.75, 3.05) is 6.54 Å². The Morgan fingerprint density at radius 2 is 2.24 bits per heavy atom. The molecule has 25 heavy (non-hydrogen) atoms. The summed E-state index contributed by atoms with van der Waals surface area (Å²) >= 11 is 3.63. The number of aromatic amines is 1. The summed E-state index contributed by atoms with van der Waals surface area (Å²) in [7, 11) is 0. The second kappa shape index (κ2) is 6.61. The minimum Gasteiger partial charge on any atom is -0.461 e. The Labute approximate surface area is 153 Å². The normalized spacial score (nSPS) is 14.5. The van der Waals surface area contributed by atoms with Crippen molar-refractivity contribution >= 4 is 15.9 Å². The number of hydrogen-bond acceptors (Lipinski definition) is 4. The van der Waals surface area contributed by atoms with Crippen molar-refractivity contribution in [1.82, 2.24) is 14.9 Å². The van der Waals surface area contributed by atoms with E-state index >= 15 is 0 Å². The van der Waals surface area contributed by atoms with Crippen LogP contribution < -0.4 is 5.56 Å². The first kappa shape index (κ1) is 16.3. The quantitative estimate of drug-likeness (QED) is 0.729. The average molecular weight is 400 g/mol. The first-order chi connectivity index (χ1) is 12.1. The highest BCUT2D eigenvalue weighted by Gasteiger charge is 2.22. The second-order valence-corrected chi connectivity index (χ2v) is 7.23. The van der Waals surface area contributed by atoms with Crippen molar-refractivity contribution < 1.29 is 4.42 Å². The topological polar surface area (TPSA) is 62.1 Å². The lowest BCUT2D eigenvalue weighted by Crippen LogP contribution is -2.35. The molecule has 1 aliphatic heterocycles. The molecule has 0 unspecified atom stereocenters. The van der Waals surface area contributed by atoms with Crippen molar-refractivity contribution in [3.8, 4) is 11.6 Å². The molecule has 1 aromatic carbocycles. The SMILES string of the molecule is Cc1ccc(CN2CCc3nc(-c4ccco4)[nH]c(=O)c3C2)c(Br)c1. The highest BCUT2D eigenvalue weighted by atomic mass is 79.9. The Hall–Kier alpha value is -2.18. The zero-order valence-corrected chi connectivity index (χ0v) is 15.5. The summed E-state index contributed by atoms with van der Waals surface area (Å²) in [6.45, 7) is 4.37. The highest BCUT2D eigenvalue weighted by molar-refractivity contribution is 9.10. The smallest absolute Gasteiger partial charge is 0.256 e. The van der Waals surface area contributed by atoms with Gasteiger partial charge in [-0.1, -0.05) is 28.1 Å². The molecule has 0 atom stereocenters. The minimum absolute atomic E-state index is 0.0796. The van der Waals surface area contributed by atoms with Crippen LogP contribution >= 0.6 is 15.9 Å². The summed E-state index contributed by atoms with van der Waals surface area (Å²) in [6.07, 6.45) is 2.34. The van der Waals surface area contributed by atoms with Gasteiger partial charge in [0.15, 0.2) is 11.6 Å². The number of rotatable bonds is 3. The van der Waals surface area contributed by atoms with Crippen molar-refractivity contribution in [2.45, 2.75) is 26.4 Å². The second-order valence-electron chi connectivity index (χ2n) is 6.37. The first-order valence-electron chi connectivity index (χ1n) is 8.23. The predicted molar refractivity (Wildman–Crippen MR) is 99.3 cm³/mol. The number of H-pyrrole nitrogens is 1. The number of furan rings is 1. The Morgan fingerprint density at radius 1 is 1.36 bits per heavy atom. The van der Waals surface area contributed by atoms with E-state index in [-0.39, 0.29) is 5.56 Å². The van der Waals surface area contributed by atoms with Crippen LogP contribution in [0.25, 0.3) is 11.6 Å². The molecule has 0 amide bonds. The number of halogens is 1. The first-order valence-corrected chi connectivity index (χ1v) is 9.03. The van der Waals surface area contributed by atoms with Crippen LogP contribution in [0.5, 0.6) is 0 Å². The Balaban J connectivity index is 1.58. The molecule has 128 valence electrons. The van der Waals surface area contributed by atoms with E-state index < -0.39 is 0 Å². The van der Waals surface area contributed by atoms with Crippen LogP contribution in [0.4, 0.5) is 0 Å². The fourth-order valence-electron chi connectivity index (χ4n) is 3.17. The molecule has 6 heteroatoms. The summed E-state index contributed by atoms with van der Waals surface area (Å²) in [5, 5.41) is 0. The Bertz CT molecular complexity index is 963. The minimum atomic E-state index is -0.0796. The van der Waals surface area contributed by atoms with Crippen molar-refractivity contribution in [3.05, 3.63) is 73.8 Å². The number of fused-ring (bicyclic) bond motifs is 1. The van der Waals surface area contributed by atoms with E-state index in [1.807, 2.05) is 0 Å². The van der Waals surface area contributed by atoms with Crippen molar-refractivity contribution in [2.24, 2.45) is 0 Å². The summed E-state index contributed by atoms with van der Waals surface area (Å²) in [6, 6.07) is 9.96. The van der Waals surface area contributed by atoms with Crippen LogP contribution in [0.2, 0.25) is 0 Å². The van der Waals surface area contributed by atoms with E-state index in [9.17, 15) is 4.79 Å². The molecule has 0 radical (unpaired) electrons. The van der Waals surface area contributed by atoms with E-state index in [0.717, 1.165) is 35.2 Å². The van der Waals surface area contributed by atoms with Gasteiger partial charge in [0.2, 0.25) is 0 Å². The molecule has 0 aliphatic carbocycles. The number of aryl methyl sites for hydroxylation is 1. The zero-order chi connectivity index (χ0) is 17.4. The molecule has 4 rings (SSSR count). The van der Waals surface area contributed by atoms with Gasteiger partial charge in [0.1, 0.15) is 0 Å². The van der Waals surface area contributed by atoms with E-state index in [0.29, 0.717) is 18.1 Å². The van der Waals surface area contributed by atoms with Gasteiger partial charge in [-0.25, -0.2) is 4.98 Å². The van der Waals surface area contributed by atoms with Crippen molar-refractivity contribution in [1.29, 1.82) is 0 Å². The molecule has 3 aromatic rings. The number of nitrogens with zero attached hydrogens (tertiary/aromatic N) is 2. The van der Waals surface area contributed by atoms with Crippen LogP contribution in [0, 0.1) is 6.92 Å². The van der Waals surface area contributed by atoms with E-state index in [4.69, 9.17) is 4.42 Å². The fourth-order valence-corrected chi connectivity index (χ4v) is 3.79. The molecule has 2 aromatic heterocycles. The zero-order valence-electron chi connectivity index (χ0n) is 13.9. The number of benzene rings is 1. The van der Waals surface area contributed by atoms with Gasteiger partial charge in [-0.3, -0.25) is 9.69 Å². The van der Waals surface area contributed by atoms with Crippen LogP contribution in [0.15, 0.2) is 50.3 Å². The molecule has 5 nitrogen and oxygen atoms in total. The summed E-state index contributed by atoms with van der Waals surface area (Å²) in [5.74, 6) is 1.09. The van der Waals surface area contributed by atoms with Gasteiger partial charge >= 0.3 is 0 Å². The van der Waals surface area contributed by atoms with Gasteiger partial charge in [-0.15, -0.1) is 0 Å². The molecule has 3 heterocycles. The molecule has 0 spiro atoms. The van der Waals surface area contributed by atoms with Gasteiger partial charge in [0, 0.05) is 30.5 Å². The van der Waals surface area contributed by atoms with E-state index in [2.05, 4.69) is 55.9 Å². The molecule has 0 saturated heterocycles. The summed E-state index contributed by atoms with van der Waals surface area (Å²) < 4.78 is 6.45. The van der Waals surface area contributed by atoms with Crippen LogP contribution in [0.1, 0.15) is 22.4 Å². The molecule has 1 aliphatic rings. The van der Waals surface area contributed by atoms with Gasteiger partial charge < -0.3 is 9.40 Å². The number of nitrogens with one attached hydrogen (secondary N) is 1. The Kier molecular flexibility index (Phi) is 4.31. The third kappa shape index (κ3) is 3.32. The van der Waals surface area contributed by atoms with E-state index in [1.165, 1.54) is 11.1 Å². The van der Waals surface area contributed by atoms with Crippen LogP contribution in [-0.4, -0.2) is 21.4 Å². The van der Waals surface area contributed by atoms with Gasteiger partial charge in [0.05, 0.1) is 17.5 Å². The molecular formula is C19H18BrN3O2. The lowest BCUT2D eigenvalue weighted by Gasteiger charge is -2.28. The maximum atomic E-state index is 12.5. The average Bonchev–Trinajstić information content (AvgIpc) is 3.12. The predicted octanol–water partition coefficient (Wildman–Crippen LogP) is 3.66. The van der Waals surface area contributed by atoms with Gasteiger partial charge in [-0.05, 0) is 36.2 Å². The molecule has 0 saturated carbocycles. The standard InChI is InChI=1S/C19H18BrN3O2/c1-12-4-5-13(15(20)9-12)10-23-7-6-16-14(11-23)19(24)22-18(21-16)17-3-2-8-25-17/h2-5,8-9H,6-7,10-11H2,1H3,(H,21,22,24). The van der Waals surface area contributed by atoms with Gasteiger partial charge in [0.25, 0.3) is 5.56 Å². The monoisotopic (exact) mass is 399 g/mol. The lowest BCUT2D eigenvalue weighted by atomic mass is 10.1. The van der Waals surface area contributed by atoms with Gasteiger partial charge in [-0.2, -0.15) is 0 Å². The molecule has 0 fully saturated rings. The lowest BCUT2D eigenvalue weighted by molar-refractivity contribution is 0.241. The largest absolute Gasteiger partial charge is 0.461 e. The maximum absolute atomic E-state index is 12.5. The molecular weight excluding hydrogens is 382 g/mol. The summed E-state index contributed by atoms with van der Waals surface area (Å²) in [4.78, 5) is 22.2. The number of hydrogen-bond donors (Lipinski definition) is 1. The van der Waals surface area contributed by atoms with Crippen LogP contribution in [-0.2, 0) is 19.5 Å². The van der Waals surface area contributed by atoms with E-state index in [1.54, 1.807) is 18.4 Å². The third-order valence-corrected chi connectivity index (χ3v) is 5.24. The van der Waals surface area contributed by atoms with Crippen LogP contribution in [0.3, 0.4) is 0 Å². The molecule has 0 bridgehead atoms. The highest BCUT2D eigenvalue weighted by Crippen LogP contribution is 2.23. The maximum Gasteiger partial charge on any atom is 0.256 e. The van der Waals surface area contributed by atoms with Crippen molar-refractivity contribution in [3.63, 3.8) is 0 Å².